The molecule has 1 amide bonds. The van der Waals surface area contributed by atoms with Crippen molar-refractivity contribution in [2.75, 3.05) is 24.6 Å². The van der Waals surface area contributed by atoms with Crippen LogP contribution >= 0.6 is 0 Å². The molecular weight excluding hydrogens is 447 g/mol. The second-order valence-corrected chi connectivity index (χ2v) is 8.94. The van der Waals surface area contributed by atoms with Crippen molar-refractivity contribution in [2.45, 2.75) is 51.1 Å². The van der Waals surface area contributed by atoms with E-state index in [0.717, 1.165) is 34.8 Å². The second kappa shape index (κ2) is 8.90. The molecule has 0 spiro atoms. The molecule has 5 heterocycles. The molecule has 0 aromatic carbocycles. The Morgan fingerprint density at radius 2 is 1.85 bits per heavy atom. The minimum Gasteiger partial charge on any atom is -0.375 e. The highest BCUT2D eigenvalue weighted by Crippen LogP contribution is 2.34. The number of pyridine rings is 2. The maximum Gasteiger partial charge on any atom is 0.433 e. The van der Waals surface area contributed by atoms with Crippen molar-refractivity contribution in [3.63, 3.8) is 0 Å². The summed E-state index contributed by atoms with van der Waals surface area (Å²) in [5.74, 6) is 0.964. The third kappa shape index (κ3) is 4.34. The van der Waals surface area contributed by atoms with Gasteiger partial charge in [0.15, 0.2) is 0 Å². The van der Waals surface area contributed by atoms with Gasteiger partial charge >= 0.3 is 6.18 Å². The van der Waals surface area contributed by atoms with Gasteiger partial charge in [-0.2, -0.15) is 13.2 Å². The standard InChI is InChI=1S/C24H26F3N5O2/c1-16-5-8-22(28-11-16)31-17-6-7-18(31)14-30(13-17)23(33)9-10-34-15-19-3-2-4-21-29-12-20(32(19)21)24(25,26)27/h2-5,8,11-12,17-18H,6-7,9-10,13-15H2,1H3. The van der Waals surface area contributed by atoms with Gasteiger partial charge < -0.3 is 14.5 Å². The number of aromatic nitrogens is 3. The smallest absolute Gasteiger partial charge is 0.375 e. The molecule has 180 valence electrons. The van der Waals surface area contributed by atoms with Crippen LogP contribution in [0.25, 0.3) is 5.65 Å². The number of piperazine rings is 1. The summed E-state index contributed by atoms with van der Waals surface area (Å²) in [4.78, 5) is 25.4. The normalized spacial score (nSPS) is 20.4. The van der Waals surface area contributed by atoms with Crippen molar-refractivity contribution in [1.82, 2.24) is 19.3 Å². The fraction of sp³-hybridized carbons (Fsp3) is 0.458. The summed E-state index contributed by atoms with van der Waals surface area (Å²) in [6.45, 7) is 3.40. The molecule has 2 aliphatic rings. The van der Waals surface area contributed by atoms with E-state index in [0.29, 0.717) is 18.8 Å². The van der Waals surface area contributed by atoms with E-state index in [4.69, 9.17) is 4.74 Å². The number of carbonyl (C=O) groups is 1. The first-order chi connectivity index (χ1) is 16.3. The van der Waals surface area contributed by atoms with E-state index in [-0.39, 0.29) is 43.3 Å². The molecule has 0 aliphatic carbocycles. The van der Waals surface area contributed by atoms with Crippen molar-refractivity contribution in [3.05, 3.63) is 59.7 Å². The molecule has 5 rings (SSSR count). The third-order valence-corrected chi connectivity index (χ3v) is 6.61. The molecule has 3 aromatic rings. The lowest BCUT2D eigenvalue weighted by molar-refractivity contribution is -0.142. The summed E-state index contributed by atoms with van der Waals surface area (Å²) in [6.07, 6.45) is 0.414. The maximum absolute atomic E-state index is 13.3. The van der Waals surface area contributed by atoms with Crippen molar-refractivity contribution in [3.8, 4) is 0 Å². The number of imidazole rings is 1. The predicted molar refractivity (Wildman–Crippen MR) is 119 cm³/mol. The highest BCUT2D eigenvalue weighted by atomic mass is 19.4. The zero-order chi connectivity index (χ0) is 23.9. The van der Waals surface area contributed by atoms with Crippen LogP contribution in [-0.4, -0.2) is 57.0 Å². The molecule has 0 saturated carbocycles. The number of alkyl halides is 3. The molecule has 2 fully saturated rings. The lowest BCUT2D eigenvalue weighted by Gasteiger charge is -2.41. The number of fused-ring (bicyclic) bond motifs is 3. The molecular formula is C24H26F3N5O2. The lowest BCUT2D eigenvalue weighted by Crippen LogP contribution is -2.55. The fourth-order valence-corrected chi connectivity index (χ4v) is 5.01. The minimum absolute atomic E-state index is 0.00485. The molecule has 0 radical (unpaired) electrons. The molecule has 2 aliphatic heterocycles. The van der Waals surface area contributed by atoms with Crippen LogP contribution in [0.15, 0.2) is 42.7 Å². The Morgan fingerprint density at radius 3 is 2.53 bits per heavy atom. The average Bonchev–Trinajstić information content (AvgIpc) is 3.36. The van der Waals surface area contributed by atoms with Gasteiger partial charge in [0, 0.05) is 31.4 Å². The first-order valence-electron chi connectivity index (χ1n) is 11.4. The van der Waals surface area contributed by atoms with Crippen LogP contribution in [0.2, 0.25) is 0 Å². The number of halogens is 3. The molecule has 10 heteroatoms. The first kappa shape index (κ1) is 22.6. The van der Waals surface area contributed by atoms with Gasteiger partial charge in [-0.3, -0.25) is 9.20 Å². The average molecular weight is 473 g/mol. The van der Waals surface area contributed by atoms with Crippen molar-refractivity contribution < 1.29 is 22.7 Å². The van der Waals surface area contributed by atoms with Crippen LogP contribution in [0.1, 0.15) is 36.2 Å². The topological polar surface area (TPSA) is 63.0 Å². The maximum atomic E-state index is 13.3. The van der Waals surface area contributed by atoms with Crippen LogP contribution in [0.5, 0.6) is 0 Å². The summed E-state index contributed by atoms with van der Waals surface area (Å²) in [5, 5.41) is 0. The summed E-state index contributed by atoms with van der Waals surface area (Å²) in [7, 11) is 0. The number of hydrogen-bond acceptors (Lipinski definition) is 5. The Balaban J connectivity index is 1.16. The highest BCUT2D eigenvalue weighted by Gasteiger charge is 2.41. The minimum atomic E-state index is -4.51. The van der Waals surface area contributed by atoms with Crippen molar-refractivity contribution in [2.24, 2.45) is 0 Å². The number of amides is 1. The Bertz CT molecular complexity index is 1160. The van der Waals surface area contributed by atoms with Crippen LogP contribution in [-0.2, 0) is 22.3 Å². The van der Waals surface area contributed by atoms with Crippen LogP contribution < -0.4 is 4.90 Å². The van der Waals surface area contributed by atoms with Crippen LogP contribution in [0.4, 0.5) is 19.0 Å². The number of anilines is 1. The highest BCUT2D eigenvalue weighted by molar-refractivity contribution is 5.77. The first-order valence-corrected chi connectivity index (χ1v) is 11.4. The van der Waals surface area contributed by atoms with Crippen molar-refractivity contribution >= 4 is 17.4 Å². The van der Waals surface area contributed by atoms with Gasteiger partial charge in [-0.05, 0) is 43.5 Å². The lowest BCUT2D eigenvalue weighted by atomic mass is 10.1. The SMILES string of the molecule is Cc1ccc(N2C3CCC2CN(C(=O)CCOCc2cccc4ncc(C(F)(F)F)n24)C3)nc1. The molecule has 34 heavy (non-hydrogen) atoms. The predicted octanol–water partition coefficient (Wildman–Crippen LogP) is 3.84. The quantitative estimate of drug-likeness (QED) is 0.509. The molecule has 0 N–H and O–H groups in total. The second-order valence-electron chi connectivity index (χ2n) is 8.94. The third-order valence-electron chi connectivity index (χ3n) is 6.61. The van der Waals surface area contributed by atoms with Gasteiger partial charge in [0.1, 0.15) is 17.2 Å². The molecule has 2 saturated heterocycles. The zero-order valence-corrected chi connectivity index (χ0v) is 18.8. The van der Waals surface area contributed by atoms with Crippen LogP contribution in [0.3, 0.4) is 0 Å². The Labute approximate surface area is 195 Å². The molecule has 3 aromatic heterocycles. The number of likely N-dealkylation sites (tertiary alicyclic amines) is 1. The number of carbonyl (C=O) groups excluding carboxylic acids is 1. The number of rotatable bonds is 6. The van der Waals surface area contributed by atoms with Gasteiger partial charge in [0.25, 0.3) is 0 Å². The molecule has 2 unspecified atom stereocenters. The fourth-order valence-electron chi connectivity index (χ4n) is 5.01. The Hall–Kier alpha value is -3.14. The van der Waals surface area contributed by atoms with E-state index in [1.54, 1.807) is 12.1 Å². The van der Waals surface area contributed by atoms with Gasteiger partial charge in [-0.25, -0.2) is 9.97 Å². The molecule has 2 atom stereocenters. The van der Waals surface area contributed by atoms with Gasteiger partial charge in [-0.15, -0.1) is 0 Å². The Morgan fingerprint density at radius 1 is 1.09 bits per heavy atom. The molecule has 7 nitrogen and oxygen atoms in total. The van der Waals surface area contributed by atoms with Gasteiger partial charge in [0.2, 0.25) is 5.91 Å². The van der Waals surface area contributed by atoms with E-state index in [9.17, 15) is 18.0 Å². The van der Waals surface area contributed by atoms with E-state index in [1.807, 2.05) is 24.1 Å². The zero-order valence-electron chi connectivity index (χ0n) is 18.8. The van der Waals surface area contributed by atoms with Crippen LogP contribution in [0, 0.1) is 6.92 Å². The monoisotopic (exact) mass is 473 g/mol. The summed E-state index contributed by atoms with van der Waals surface area (Å²) in [6, 6.07) is 9.32. The largest absolute Gasteiger partial charge is 0.433 e. The van der Waals surface area contributed by atoms with Gasteiger partial charge in [-0.1, -0.05) is 12.1 Å². The van der Waals surface area contributed by atoms with E-state index in [2.05, 4.69) is 20.9 Å². The van der Waals surface area contributed by atoms with Gasteiger partial charge in [0.05, 0.1) is 31.5 Å². The van der Waals surface area contributed by atoms with Crippen molar-refractivity contribution in [1.29, 1.82) is 0 Å². The molecule has 2 bridgehead atoms. The summed E-state index contributed by atoms with van der Waals surface area (Å²) in [5.41, 5.74) is 0.825. The Kier molecular flexibility index (Phi) is 5.93. The van der Waals surface area contributed by atoms with E-state index in [1.165, 1.54) is 6.07 Å². The number of aryl methyl sites for hydroxylation is 1. The van der Waals surface area contributed by atoms with E-state index >= 15 is 0 Å². The number of hydrogen-bond donors (Lipinski definition) is 0. The number of nitrogens with zero attached hydrogens (tertiary/aromatic N) is 5. The summed E-state index contributed by atoms with van der Waals surface area (Å²) < 4.78 is 46.5. The summed E-state index contributed by atoms with van der Waals surface area (Å²) >= 11 is 0. The van der Waals surface area contributed by atoms with E-state index < -0.39 is 11.9 Å². The number of ether oxygens (including phenoxy) is 1.